The molecule has 0 aliphatic heterocycles. The van der Waals surface area contributed by atoms with Crippen LogP contribution in [0.3, 0.4) is 0 Å². The Hall–Kier alpha value is -2.55. The highest BCUT2D eigenvalue weighted by Gasteiger charge is 2.13. The second-order valence-corrected chi connectivity index (χ2v) is 15.6. The van der Waals surface area contributed by atoms with Crippen LogP contribution in [0.5, 0.6) is 0 Å². The molecule has 0 atom stereocenters. The number of rotatable bonds is 8. The fraction of sp³-hybridized carbons (Fsp3) is 0.348. The molecule has 0 radical (unpaired) electrons. The minimum absolute atomic E-state index is 0.494. The standard InChI is InChI=1S/C23H29N5OSSi/c1-17-13-18(2)28-14-19(25-23(28)24-17)8-9-22-26-20(21-7-6-11-30-21)15-27(22)16-29-10-12-31(3,4)5/h6-9,11,13-15H,10,12,16H2,1-5H3. The summed E-state index contributed by atoms with van der Waals surface area (Å²) < 4.78 is 10.1. The van der Waals surface area contributed by atoms with Gasteiger partial charge in [-0.05, 0) is 49.6 Å². The van der Waals surface area contributed by atoms with Crippen LogP contribution in [0.1, 0.15) is 22.9 Å². The van der Waals surface area contributed by atoms with Crippen molar-refractivity contribution < 1.29 is 4.74 Å². The number of imidazole rings is 2. The maximum absolute atomic E-state index is 5.99. The zero-order valence-electron chi connectivity index (χ0n) is 18.8. The Balaban J connectivity index is 1.57. The van der Waals surface area contributed by atoms with Crippen LogP contribution >= 0.6 is 11.3 Å². The lowest BCUT2D eigenvalue weighted by atomic mass is 10.3. The molecule has 4 rings (SSSR count). The summed E-state index contributed by atoms with van der Waals surface area (Å²) in [5.41, 5.74) is 3.91. The first kappa shape index (κ1) is 21.7. The van der Waals surface area contributed by atoms with Gasteiger partial charge in [0.1, 0.15) is 12.6 Å². The molecule has 0 aliphatic carbocycles. The van der Waals surface area contributed by atoms with Crippen molar-refractivity contribution in [1.29, 1.82) is 0 Å². The van der Waals surface area contributed by atoms with Crippen molar-refractivity contribution in [2.24, 2.45) is 0 Å². The number of nitrogens with zero attached hydrogens (tertiary/aromatic N) is 5. The van der Waals surface area contributed by atoms with Gasteiger partial charge in [0.05, 0.1) is 16.3 Å². The van der Waals surface area contributed by atoms with Crippen LogP contribution in [-0.2, 0) is 11.5 Å². The molecule has 8 heteroatoms. The monoisotopic (exact) mass is 451 g/mol. The Morgan fingerprint density at radius 2 is 1.94 bits per heavy atom. The highest BCUT2D eigenvalue weighted by atomic mass is 32.1. The summed E-state index contributed by atoms with van der Waals surface area (Å²) in [5, 5.41) is 2.07. The van der Waals surface area contributed by atoms with Gasteiger partial charge in [-0.3, -0.25) is 4.40 Å². The van der Waals surface area contributed by atoms with E-state index in [1.54, 1.807) is 11.3 Å². The summed E-state index contributed by atoms with van der Waals surface area (Å²) in [6.45, 7) is 12.4. The highest BCUT2D eigenvalue weighted by molar-refractivity contribution is 7.13. The van der Waals surface area contributed by atoms with Crippen LogP contribution in [-0.4, -0.2) is 38.6 Å². The summed E-state index contributed by atoms with van der Waals surface area (Å²) in [6, 6.07) is 7.35. The Kier molecular flexibility index (Phi) is 6.22. The predicted octanol–water partition coefficient (Wildman–Crippen LogP) is 5.75. The molecule has 0 amide bonds. The molecule has 0 unspecified atom stereocenters. The largest absolute Gasteiger partial charge is 0.361 e. The van der Waals surface area contributed by atoms with E-state index in [0.29, 0.717) is 6.73 Å². The molecule has 6 nitrogen and oxygen atoms in total. The van der Waals surface area contributed by atoms with Gasteiger partial charge in [-0.25, -0.2) is 15.0 Å². The average Bonchev–Trinajstić information content (AvgIpc) is 3.41. The highest BCUT2D eigenvalue weighted by Crippen LogP contribution is 2.25. The first-order valence-corrected chi connectivity index (χ1v) is 15.1. The average molecular weight is 452 g/mol. The van der Waals surface area contributed by atoms with Gasteiger partial charge in [-0.2, -0.15) is 0 Å². The normalized spacial score (nSPS) is 12.4. The molecule has 0 aliphatic rings. The summed E-state index contributed by atoms with van der Waals surface area (Å²) in [6.07, 6.45) is 8.07. The van der Waals surface area contributed by atoms with Crippen molar-refractivity contribution >= 4 is 37.3 Å². The van der Waals surface area contributed by atoms with E-state index >= 15 is 0 Å². The van der Waals surface area contributed by atoms with Gasteiger partial charge in [-0.1, -0.05) is 25.7 Å². The zero-order valence-corrected chi connectivity index (χ0v) is 20.6. The number of hydrogen-bond donors (Lipinski definition) is 0. The van der Waals surface area contributed by atoms with Crippen LogP contribution in [0.15, 0.2) is 36.0 Å². The van der Waals surface area contributed by atoms with Gasteiger partial charge in [0.25, 0.3) is 0 Å². The molecule has 31 heavy (non-hydrogen) atoms. The molecular formula is C23H29N5OSSi. The van der Waals surface area contributed by atoms with Gasteiger partial charge in [0, 0.05) is 38.5 Å². The minimum atomic E-state index is -1.11. The smallest absolute Gasteiger partial charge is 0.234 e. The minimum Gasteiger partial charge on any atom is -0.361 e. The molecule has 4 aromatic rings. The van der Waals surface area contributed by atoms with E-state index in [-0.39, 0.29) is 0 Å². The second-order valence-electron chi connectivity index (χ2n) is 8.99. The van der Waals surface area contributed by atoms with Crippen LogP contribution in [0.25, 0.3) is 28.5 Å². The van der Waals surface area contributed by atoms with Crippen molar-refractivity contribution in [3.63, 3.8) is 0 Å². The lowest BCUT2D eigenvalue weighted by Gasteiger charge is -2.15. The van der Waals surface area contributed by atoms with Gasteiger partial charge in [0.15, 0.2) is 0 Å². The van der Waals surface area contributed by atoms with E-state index < -0.39 is 8.07 Å². The molecule has 4 heterocycles. The number of aromatic nitrogens is 5. The van der Waals surface area contributed by atoms with Crippen molar-refractivity contribution in [2.75, 3.05) is 6.61 Å². The molecular weight excluding hydrogens is 422 g/mol. The number of ether oxygens (including phenoxy) is 1. The van der Waals surface area contributed by atoms with E-state index in [1.807, 2.05) is 35.7 Å². The van der Waals surface area contributed by atoms with E-state index in [4.69, 9.17) is 9.72 Å². The van der Waals surface area contributed by atoms with Crippen LogP contribution < -0.4 is 0 Å². The SMILES string of the molecule is Cc1cc(C)n2cc(C=Cc3nc(-c4cccs4)cn3COCC[Si](C)(C)C)nc2n1. The molecule has 0 saturated heterocycles. The quantitative estimate of drug-likeness (QED) is 0.253. The molecule has 0 bridgehead atoms. The molecule has 162 valence electrons. The predicted molar refractivity (Wildman–Crippen MR) is 131 cm³/mol. The summed E-state index contributed by atoms with van der Waals surface area (Å²) >= 11 is 1.69. The van der Waals surface area contributed by atoms with E-state index in [0.717, 1.165) is 51.9 Å². The fourth-order valence-electron chi connectivity index (χ4n) is 3.28. The Labute approximate surface area is 188 Å². The van der Waals surface area contributed by atoms with Gasteiger partial charge >= 0.3 is 0 Å². The van der Waals surface area contributed by atoms with Gasteiger partial charge in [0.2, 0.25) is 5.78 Å². The van der Waals surface area contributed by atoms with Crippen LogP contribution in [0.4, 0.5) is 0 Å². The maximum Gasteiger partial charge on any atom is 0.234 e. The van der Waals surface area contributed by atoms with Gasteiger partial charge < -0.3 is 9.30 Å². The third-order valence-corrected chi connectivity index (χ3v) is 7.59. The van der Waals surface area contributed by atoms with Crippen LogP contribution in [0.2, 0.25) is 25.7 Å². The lowest BCUT2D eigenvalue weighted by Crippen LogP contribution is -2.22. The van der Waals surface area contributed by atoms with Gasteiger partial charge in [-0.15, -0.1) is 11.3 Å². The Morgan fingerprint density at radius 3 is 2.68 bits per heavy atom. The summed E-state index contributed by atoms with van der Waals surface area (Å²) in [4.78, 5) is 15.2. The van der Waals surface area contributed by atoms with Crippen molar-refractivity contribution in [3.05, 3.63) is 58.9 Å². The summed E-state index contributed by atoms with van der Waals surface area (Å²) in [7, 11) is -1.11. The third kappa shape index (κ3) is 5.39. The molecule has 0 saturated carbocycles. The van der Waals surface area contributed by atoms with Crippen molar-refractivity contribution in [1.82, 2.24) is 23.9 Å². The summed E-state index contributed by atoms with van der Waals surface area (Å²) in [5.74, 6) is 1.57. The van der Waals surface area contributed by atoms with E-state index in [1.165, 1.54) is 0 Å². The number of fused-ring (bicyclic) bond motifs is 1. The number of aryl methyl sites for hydroxylation is 2. The Morgan fingerprint density at radius 1 is 1.10 bits per heavy atom. The number of hydrogen-bond acceptors (Lipinski definition) is 5. The Bertz CT molecular complexity index is 1200. The van der Waals surface area contributed by atoms with E-state index in [9.17, 15) is 0 Å². The molecule has 0 spiro atoms. The van der Waals surface area contributed by atoms with Crippen molar-refractivity contribution in [2.45, 2.75) is 46.3 Å². The molecule has 0 fully saturated rings. The molecule has 0 N–H and O–H groups in total. The van der Waals surface area contributed by atoms with Crippen molar-refractivity contribution in [3.8, 4) is 10.6 Å². The number of thiophene rings is 1. The topological polar surface area (TPSA) is 57.2 Å². The first-order chi connectivity index (χ1) is 14.8. The first-order valence-electron chi connectivity index (χ1n) is 10.5. The third-order valence-electron chi connectivity index (χ3n) is 4.99. The van der Waals surface area contributed by atoms with Crippen LogP contribution in [0, 0.1) is 13.8 Å². The molecule has 0 aromatic carbocycles. The fourth-order valence-corrected chi connectivity index (χ4v) is 4.72. The zero-order chi connectivity index (χ0) is 22.0. The van der Waals surface area contributed by atoms with E-state index in [2.05, 4.69) is 64.8 Å². The molecule has 4 aromatic heterocycles. The lowest BCUT2D eigenvalue weighted by molar-refractivity contribution is 0.0867. The second kappa shape index (κ2) is 8.90. The maximum atomic E-state index is 5.99.